The van der Waals surface area contributed by atoms with Crippen LogP contribution in [0.4, 0.5) is 5.69 Å². The quantitative estimate of drug-likeness (QED) is 0.394. The molecule has 1 atom stereocenters. The maximum Gasteiger partial charge on any atom is 0.307 e. The van der Waals surface area contributed by atoms with Crippen LogP contribution in [0.2, 0.25) is 5.02 Å². The second-order valence-corrected chi connectivity index (χ2v) is 7.34. The molecule has 0 saturated heterocycles. The number of carbonyl (C=O) groups is 1. The number of nitro benzene ring substituents is 1. The van der Waals surface area contributed by atoms with Gasteiger partial charge in [0.05, 0.1) is 22.4 Å². The highest BCUT2D eigenvalue weighted by molar-refractivity contribution is 6.32. The van der Waals surface area contributed by atoms with Gasteiger partial charge in [-0.1, -0.05) is 11.6 Å². The summed E-state index contributed by atoms with van der Waals surface area (Å²) in [5.41, 5.74) is -0.672. The molecule has 9 heteroatoms. The van der Waals surface area contributed by atoms with E-state index < -0.39 is 16.6 Å². The summed E-state index contributed by atoms with van der Waals surface area (Å²) in [6.07, 6.45) is -0.646. The van der Waals surface area contributed by atoms with Crippen molar-refractivity contribution < 1.29 is 24.3 Å². The van der Waals surface area contributed by atoms with Crippen molar-refractivity contribution in [3.05, 3.63) is 33.3 Å². The predicted octanol–water partition coefficient (Wildman–Crippen LogP) is 2.65. The highest BCUT2D eigenvalue weighted by atomic mass is 35.5. The third-order valence-electron chi connectivity index (χ3n) is 3.20. The first-order valence-corrected chi connectivity index (χ1v) is 8.51. The standard InChI is InChI=1S/C17H25ClN2O6/c1-17(2,3)26-16(22)7-8-19(4)10-13(21)11-25-15-9-12(20(23)24)5-6-14(15)18/h5-6,9,13,21H,7-8,10-11H2,1-4H3. The molecule has 1 unspecified atom stereocenters. The molecule has 0 heterocycles. The maximum absolute atomic E-state index is 11.7. The van der Waals surface area contributed by atoms with Gasteiger partial charge in [-0.25, -0.2) is 0 Å². The first-order valence-electron chi connectivity index (χ1n) is 8.13. The minimum absolute atomic E-state index is 0.0856. The molecule has 0 bridgehead atoms. The predicted molar refractivity (Wildman–Crippen MR) is 97.6 cm³/mol. The third-order valence-corrected chi connectivity index (χ3v) is 3.51. The Labute approximate surface area is 157 Å². The molecule has 0 aliphatic heterocycles. The van der Waals surface area contributed by atoms with Gasteiger partial charge in [0.25, 0.3) is 5.69 Å². The number of likely N-dealkylation sites (N-methyl/N-ethyl adjacent to an activating group) is 1. The molecule has 146 valence electrons. The summed E-state index contributed by atoms with van der Waals surface area (Å²) < 4.78 is 10.6. The van der Waals surface area contributed by atoms with Gasteiger partial charge in [0.15, 0.2) is 0 Å². The van der Waals surface area contributed by atoms with Gasteiger partial charge in [-0.2, -0.15) is 0 Å². The zero-order valence-corrected chi connectivity index (χ0v) is 16.2. The number of non-ortho nitro benzene ring substituents is 1. The first-order chi connectivity index (χ1) is 12.0. The topological polar surface area (TPSA) is 102 Å². The Bertz CT molecular complexity index is 632. The zero-order chi connectivity index (χ0) is 19.9. The second-order valence-electron chi connectivity index (χ2n) is 6.94. The van der Waals surface area contributed by atoms with Crippen LogP contribution in [0.3, 0.4) is 0 Å². The van der Waals surface area contributed by atoms with E-state index in [9.17, 15) is 20.0 Å². The first kappa shape index (κ1) is 22.1. The van der Waals surface area contributed by atoms with E-state index in [-0.39, 0.29) is 42.0 Å². The summed E-state index contributed by atoms with van der Waals surface area (Å²) >= 11 is 5.94. The van der Waals surface area contributed by atoms with Gasteiger partial charge in [0, 0.05) is 19.2 Å². The number of benzene rings is 1. The number of carbonyl (C=O) groups excluding carboxylic acids is 1. The number of hydrogen-bond acceptors (Lipinski definition) is 7. The molecular weight excluding hydrogens is 364 g/mol. The second kappa shape index (κ2) is 9.70. The van der Waals surface area contributed by atoms with E-state index in [0.29, 0.717) is 6.54 Å². The number of nitro groups is 1. The molecule has 0 amide bonds. The van der Waals surface area contributed by atoms with Crippen molar-refractivity contribution >= 4 is 23.3 Å². The van der Waals surface area contributed by atoms with E-state index in [1.807, 2.05) is 0 Å². The largest absolute Gasteiger partial charge is 0.489 e. The molecule has 1 aromatic rings. The number of esters is 1. The lowest BCUT2D eigenvalue weighted by Gasteiger charge is -2.23. The Morgan fingerprint density at radius 2 is 2.08 bits per heavy atom. The van der Waals surface area contributed by atoms with Crippen LogP contribution in [0, 0.1) is 10.1 Å². The number of hydrogen-bond donors (Lipinski definition) is 1. The van der Waals surface area contributed by atoms with Crippen molar-refractivity contribution in [2.24, 2.45) is 0 Å². The molecule has 8 nitrogen and oxygen atoms in total. The summed E-state index contributed by atoms with van der Waals surface area (Å²) in [6, 6.07) is 3.85. The molecule has 0 saturated carbocycles. The van der Waals surface area contributed by atoms with Gasteiger partial charge in [-0.3, -0.25) is 14.9 Å². The summed E-state index contributed by atoms with van der Waals surface area (Å²) in [7, 11) is 1.76. The molecule has 1 rings (SSSR count). The van der Waals surface area contributed by atoms with Crippen molar-refractivity contribution in [2.45, 2.75) is 38.9 Å². The Kier molecular flexibility index (Phi) is 8.26. The van der Waals surface area contributed by atoms with Gasteiger partial charge in [-0.05, 0) is 33.9 Å². The van der Waals surface area contributed by atoms with Crippen molar-refractivity contribution in [1.82, 2.24) is 4.90 Å². The molecule has 0 spiro atoms. The Morgan fingerprint density at radius 3 is 2.65 bits per heavy atom. The third kappa shape index (κ3) is 8.46. The van der Waals surface area contributed by atoms with Crippen LogP contribution in [0.5, 0.6) is 5.75 Å². The summed E-state index contributed by atoms with van der Waals surface area (Å²) in [6.45, 7) is 5.99. The summed E-state index contributed by atoms with van der Waals surface area (Å²) in [5.74, 6) is -0.171. The van der Waals surface area contributed by atoms with Crippen LogP contribution >= 0.6 is 11.6 Å². The van der Waals surface area contributed by atoms with Crippen LogP contribution in [-0.4, -0.2) is 59.3 Å². The molecule has 0 aliphatic rings. The number of rotatable bonds is 9. The smallest absolute Gasteiger partial charge is 0.307 e. The molecular formula is C17H25ClN2O6. The zero-order valence-electron chi connectivity index (χ0n) is 15.4. The lowest BCUT2D eigenvalue weighted by molar-refractivity contribution is -0.384. The van der Waals surface area contributed by atoms with E-state index >= 15 is 0 Å². The lowest BCUT2D eigenvalue weighted by atomic mass is 10.2. The average Bonchev–Trinajstić information content (AvgIpc) is 2.50. The number of halogens is 1. The van der Waals surface area contributed by atoms with E-state index in [4.69, 9.17) is 21.1 Å². The number of aliphatic hydroxyl groups is 1. The highest BCUT2D eigenvalue weighted by Crippen LogP contribution is 2.28. The molecule has 26 heavy (non-hydrogen) atoms. The Morgan fingerprint density at radius 1 is 1.42 bits per heavy atom. The average molecular weight is 389 g/mol. The Hall–Kier alpha value is -1.90. The molecule has 0 aliphatic carbocycles. The SMILES string of the molecule is CN(CCC(=O)OC(C)(C)C)CC(O)COc1cc([N+](=O)[O-])ccc1Cl. The van der Waals surface area contributed by atoms with Crippen LogP contribution in [0.25, 0.3) is 0 Å². The van der Waals surface area contributed by atoms with Crippen molar-refractivity contribution in [3.8, 4) is 5.75 Å². The minimum atomic E-state index is -0.853. The van der Waals surface area contributed by atoms with Crippen LogP contribution in [0.15, 0.2) is 18.2 Å². The molecule has 1 aromatic carbocycles. The van der Waals surface area contributed by atoms with Gasteiger partial charge in [0.1, 0.15) is 24.1 Å². The minimum Gasteiger partial charge on any atom is -0.489 e. The van der Waals surface area contributed by atoms with E-state index in [0.717, 1.165) is 0 Å². The monoisotopic (exact) mass is 388 g/mol. The number of ether oxygens (including phenoxy) is 2. The molecule has 0 fully saturated rings. The van der Waals surface area contributed by atoms with Crippen molar-refractivity contribution in [1.29, 1.82) is 0 Å². The van der Waals surface area contributed by atoms with Gasteiger partial charge >= 0.3 is 5.97 Å². The van der Waals surface area contributed by atoms with Gasteiger partial charge < -0.3 is 19.5 Å². The number of aliphatic hydroxyl groups excluding tert-OH is 1. The summed E-state index contributed by atoms with van der Waals surface area (Å²) in [5, 5.41) is 21.0. The molecule has 1 N–H and O–H groups in total. The Balaban J connectivity index is 2.42. The molecule has 0 radical (unpaired) electrons. The number of nitrogens with zero attached hydrogens (tertiary/aromatic N) is 2. The van der Waals surface area contributed by atoms with Crippen molar-refractivity contribution in [2.75, 3.05) is 26.7 Å². The van der Waals surface area contributed by atoms with E-state index in [1.165, 1.54) is 18.2 Å². The molecule has 0 aromatic heterocycles. The fourth-order valence-corrected chi connectivity index (χ4v) is 2.25. The van der Waals surface area contributed by atoms with E-state index in [1.54, 1.807) is 32.7 Å². The van der Waals surface area contributed by atoms with Gasteiger partial charge in [-0.15, -0.1) is 0 Å². The van der Waals surface area contributed by atoms with Crippen LogP contribution in [-0.2, 0) is 9.53 Å². The highest BCUT2D eigenvalue weighted by Gasteiger charge is 2.18. The maximum atomic E-state index is 11.7. The van der Waals surface area contributed by atoms with Gasteiger partial charge in [0.2, 0.25) is 0 Å². The fraction of sp³-hybridized carbons (Fsp3) is 0.588. The van der Waals surface area contributed by atoms with Crippen LogP contribution in [0.1, 0.15) is 27.2 Å². The fourth-order valence-electron chi connectivity index (χ4n) is 2.08. The van der Waals surface area contributed by atoms with E-state index in [2.05, 4.69) is 0 Å². The normalized spacial score (nSPS) is 12.7. The van der Waals surface area contributed by atoms with Crippen molar-refractivity contribution in [3.63, 3.8) is 0 Å². The lowest BCUT2D eigenvalue weighted by Crippen LogP contribution is -2.35. The summed E-state index contributed by atoms with van der Waals surface area (Å²) in [4.78, 5) is 23.7. The van der Waals surface area contributed by atoms with Crippen LogP contribution < -0.4 is 4.74 Å².